The van der Waals surface area contributed by atoms with E-state index in [1.54, 1.807) is 20.8 Å². The highest BCUT2D eigenvalue weighted by Crippen LogP contribution is 2.33. The summed E-state index contributed by atoms with van der Waals surface area (Å²) in [5.74, 6) is 0. The number of rotatable bonds is 1. The van der Waals surface area contributed by atoms with E-state index in [1.165, 1.54) is 0 Å². The highest BCUT2D eigenvalue weighted by molar-refractivity contribution is 5.67. The van der Waals surface area contributed by atoms with Gasteiger partial charge in [-0.25, -0.2) is 4.79 Å². The molecule has 6 nitrogen and oxygen atoms in total. The van der Waals surface area contributed by atoms with Crippen molar-refractivity contribution in [3.63, 3.8) is 0 Å². The van der Waals surface area contributed by atoms with Gasteiger partial charge in [0.05, 0.1) is 13.2 Å². The normalized spacial score (nSPS) is 33.2. The first kappa shape index (κ1) is 11.6. The van der Waals surface area contributed by atoms with Crippen molar-refractivity contribution in [2.45, 2.75) is 44.7 Å². The van der Waals surface area contributed by atoms with E-state index in [0.29, 0.717) is 6.54 Å². The topological polar surface area (TPSA) is 71.5 Å². The molecular formula is C10H17NO5. The van der Waals surface area contributed by atoms with E-state index >= 15 is 0 Å². The summed E-state index contributed by atoms with van der Waals surface area (Å²) in [6.45, 7) is 5.55. The van der Waals surface area contributed by atoms with Crippen molar-refractivity contribution in [2.75, 3.05) is 13.2 Å². The molecule has 0 spiro atoms. The number of carbonyl (C=O) groups is 1. The maximum Gasteiger partial charge on any atom is 0.434 e. The van der Waals surface area contributed by atoms with Crippen LogP contribution in [0.1, 0.15) is 20.8 Å². The molecule has 16 heavy (non-hydrogen) atoms. The summed E-state index contributed by atoms with van der Waals surface area (Å²) in [5, 5.41) is 10.2. The smallest absolute Gasteiger partial charge is 0.434 e. The third kappa shape index (κ3) is 2.45. The average molecular weight is 231 g/mol. The molecule has 0 aromatic heterocycles. The molecule has 92 valence electrons. The lowest BCUT2D eigenvalue weighted by molar-refractivity contribution is -0.203. The van der Waals surface area contributed by atoms with Crippen LogP contribution in [0.2, 0.25) is 0 Å². The number of nitrogens with zero attached hydrogens (tertiary/aromatic N) is 1. The van der Waals surface area contributed by atoms with Gasteiger partial charge in [-0.1, -0.05) is 0 Å². The van der Waals surface area contributed by atoms with Crippen LogP contribution in [-0.2, 0) is 14.3 Å². The van der Waals surface area contributed by atoms with E-state index < -0.39 is 17.8 Å². The van der Waals surface area contributed by atoms with Crippen molar-refractivity contribution >= 4 is 6.09 Å². The minimum atomic E-state index is -0.559. The van der Waals surface area contributed by atoms with Crippen molar-refractivity contribution in [3.8, 4) is 0 Å². The van der Waals surface area contributed by atoms with Crippen LogP contribution in [0.15, 0.2) is 0 Å². The second-order valence-electron chi connectivity index (χ2n) is 5.01. The number of hydrogen-bond acceptors (Lipinski definition) is 5. The Labute approximate surface area is 94.0 Å². The van der Waals surface area contributed by atoms with E-state index in [1.807, 2.05) is 0 Å². The molecule has 1 N–H and O–H groups in total. The van der Waals surface area contributed by atoms with E-state index in [2.05, 4.69) is 0 Å². The predicted molar refractivity (Wildman–Crippen MR) is 53.6 cm³/mol. The van der Waals surface area contributed by atoms with E-state index in [9.17, 15) is 4.79 Å². The minimum Gasteiger partial charge on any atom is -0.442 e. The third-order valence-electron chi connectivity index (χ3n) is 2.37. The molecule has 0 aromatic rings. The first-order chi connectivity index (χ1) is 7.40. The number of fused-ring (bicyclic) bond motifs is 1. The number of aliphatic hydroxyl groups is 1. The van der Waals surface area contributed by atoms with Crippen LogP contribution in [0.4, 0.5) is 4.79 Å². The molecule has 3 atom stereocenters. The highest BCUT2D eigenvalue weighted by Gasteiger charge is 2.52. The Morgan fingerprint density at radius 1 is 1.56 bits per heavy atom. The molecule has 2 rings (SSSR count). The molecule has 2 fully saturated rings. The molecule has 2 aliphatic rings. The van der Waals surface area contributed by atoms with E-state index in [4.69, 9.17) is 19.4 Å². The zero-order chi connectivity index (χ0) is 11.9. The monoisotopic (exact) mass is 231 g/mol. The molecule has 2 saturated heterocycles. The van der Waals surface area contributed by atoms with Gasteiger partial charge < -0.3 is 14.6 Å². The number of epoxide rings is 1. The van der Waals surface area contributed by atoms with Gasteiger partial charge in [-0.15, -0.1) is 0 Å². The molecule has 1 amide bonds. The minimum absolute atomic E-state index is 0.0292. The first-order valence-corrected chi connectivity index (χ1v) is 5.34. The van der Waals surface area contributed by atoms with E-state index in [0.717, 1.165) is 5.06 Å². The van der Waals surface area contributed by atoms with Gasteiger partial charge in [0.15, 0.2) is 0 Å². The Bertz CT molecular complexity index is 287. The summed E-state index contributed by atoms with van der Waals surface area (Å²) in [6, 6.07) is 0. The van der Waals surface area contributed by atoms with Gasteiger partial charge in [-0.2, -0.15) is 5.06 Å². The lowest BCUT2D eigenvalue weighted by Gasteiger charge is -2.30. The fraction of sp³-hybridized carbons (Fsp3) is 0.900. The molecule has 2 aliphatic heterocycles. The van der Waals surface area contributed by atoms with Crippen molar-refractivity contribution in [3.05, 3.63) is 0 Å². The number of hydrogen-bond donors (Lipinski definition) is 1. The quantitative estimate of drug-likeness (QED) is 0.657. The summed E-state index contributed by atoms with van der Waals surface area (Å²) in [4.78, 5) is 17.0. The predicted octanol–water partition coefficient (Wildman–Crippen LogP) is 0.297. The second-order valence-corrected chi connectivity index (χ2v) is 5.01. The van der Waals surface area contributed by atoms with Crippen molar-refractivity contribution < 1.29 is 24.2 Å². The Balaban J connectivity index is 1.92. The Hall–Kier alpha value is -0.850. The summed E-state index contributed by atoms with van der Waals surface area (Å²) in [5.41, 5.74) is -0.559. The molecule has 0 aromatic carbocycles. The summed E-state index contributed by atoms with van der Waals surface area (Å²) >= 11 is 0. The molecule has 3 unspecified atom stereocenters. The summed E-state index contributed by atoms with van der Waals surface area (Å²) < 4.78 is 10.4. The van der Waals surface area contributed by atoms with Crippen LogP contribution in [0.3, 0.4) is 0 Å². The maximum atomic E-state index is 11.7. The first-order valence-electron chi connectivity index (χ1n) is 5.34. The van der Waals surface area contributed by atoms with Crippen LogP contribution in [0, 0.1) is 0 Å². The maximum absolute atomic E-state index is 11.7. The van der Waals surface area contributed by atoms with Gasteiger partial charge in [0, 0.05) is 0 Å². The Morgan fingerprint density at radius 2 is 2.25 bits per heavy atom. The van der Waals surface area contributed by atoms with Gasteiger partial charge >= 0.3 is 6.09 Å². The fourth-order valence-electron chi connectivity index (χ4n) is 1.63. The molecule has 0 bridgehead atoms. The number of amides is 1. The van der Waals surface area contributed by atoms with E-state index in [-0.39, 0.29) is 18.8 Å². The summed E-state index contributed by atoms with van der Waals surface area (Å²) in [6.07, 6.45) is -1.12. The molecular weight excluding hydrogens is 214 g/mol. The second kappa shape index (κ2) is 3.87. The van der Waals surface area contributed by atoms with Crippen molar-refractivity contribution in [1.82, 2.24) is 5.06 Å². The summed E-state index contributed by atoms with van der Waals surface area (Å²) in [7, 11) is 0. The lowest BCUT2D eigenvalue weighted by Crippen LogP contribution is -2.47. The lowest BCUT2D eigenvalue weighted by atomic mass is 10.2. The zero-order valence-corrected chi connectivity index (χ0v) is 9.67. The van der Waals surface area contributed by atoms with Crippen LogP contribution in [0.5, 0.6) is 0 Å². The Kier molecular flexibility index (Phi) is 2.81. The number of aliphatic hydroxyl groups excluding tert-OH is 1. The van der Waals surface area contributed by atoms with Crippen LogP contribution < -0.4 is 0 Å². The standard InChI is InChI=1S/C10H17NO5/c1-10(2,3)15-9(13)11-4-6-8(14-6)7(5-12)16-11/h6-8,12H,4-5H2,1-3H3. The van der Waals surface area contributed by atoms with Gasteiger partial charge in [0.25, 0.3) is 0 Å². The fourth-order valence-corrected chi connectivity index (χ4v) is 1.63. The van der Waals surface area contributed by atoms with Crippen LogP contribution in [-0.4, -0.2) is 53.3 Å². The van der Waals surface area contributed by atoms with Crippen LogP contribution in [0.25, 0.3) is 0 Å². The van der Waals surface area contributed by atoms with Crippen molar-refractivity contribution in [2.24, 2.45) is 0 Å². The third-order valence-corrected chi connectivity index (χ3v) is 2.37. The van der Waals surface area contributed by atoms with Crippen molar-refractivity contribution in [1.29, 1.82) is 0 Å². The zero-order valence-electron chi connectivity index (χ0n) is 9.67. The average Bonchev–Trinajstić information content (AvgIpc) is 2.91. The molecule has 6 heteroatoms. The SMILES string of the molecule is CC(C)(C)OC(=O)N1CC2OC2C(CO)O1. The number of ether oxygens (including phenoxy) is 2. The number of carbonyl (C=O) groups excluding carboxylic acids is 1. The number of hydroxylamine groups is 2. The molecule has 0 radical (unpaired) electrons. The van der Waals surface area contributed by atoms with Crippen LogP contribution >= 0.6 is 0 Å². The molecule has 0 saturated carbocycles. The highest BCUT2D eigenvalue weighted by atomic mass is 16.8. The molecule has 2 heterocycles. The Morgan fingerprint density at radius 3 is 2.81 bits per heavy atom. The molecule has 0 aliphatic carbocycles. The van der Waals surface area contributed by atoms with Gasteiger partial charge in [-0.05, 0) is 20.8 Å². The largest absolute Gasteiger partial charge is 0.442 e. The van der Waals surface area contributed by atoms with Gasteiger partial charge in [0.1, 0.15) is 23.9 Å². The van der Waals surface area contributed by atoms with Gasteiger partial charge in [0.2, 0.25) is 0 Å². The van der Waals surface area contributed by atoms with Gasteiger partial charge in [-0.3, -0.25) is 4.84 Å².